The fraction of sp³-hybridized carbons (Fsp3) is 0.692. The molecule has 114 valence electrons. The van der Waals surface area contributed by atoms with Gasteiger partial charge in [-0.2, -0.15) is 0 Å². The van der Waals surface area contributed by atoms with Gasteiger partial charge in [-0.15, -0.1) is 24.0 Å². The maximum Gasteiger partial charge on any atom is 0.193 e. The van der Waals surface area contributed by atoms with Gasteiger partial charge in [0.2, 0.25) is 0 Å². The molecule has 0 aromatic carbocycles. The monoisotopic (exact) mass is 394 g/mol. The Labute approximate surface area is 137 Å². The number of nitrogens with one attached hydrogen (secondary N) is 1. The molecule has 1 aliphatic carbocycles. The Bertz CT molecular complexity index is 393. The average molecular weight is 394 g/mol. The average Bonchev–Trinajstić information content (AvgIpc) is 3.10. The number of guanidine groups is 1. The number of halogens is 1. The molecule has 0 atom stereocenters. The zero-order valence-corrected chi connectivity index (χ0v) is 14.4. The van der Waals surface area contributed by atoms with Crippen LogP contribution in [0.2, 0.25) is 0 Å². The first kappa shape index (κ1) is 17.2. The van der Waals surface area contributed by atoms with Crippen molar-refractivity contribution in [1.29, 1.82) is 0 Å². The third kappa shape index (κ3) is 6.08. The highest BCUT2D eigenvalue weighted by Gasteiger charge is 2.21. The van der Waals surface area contributed by atoms with E-state index in [9.17, 15) is 0 Å². The number of likely N-dealkylation sites (N-methyl/N-ethyl adjacent to an activating group) is 1. The summed E-state index contributed by atoms with van der Waals surface area (Å²) in [6.45, 7) is 3.07. The molecule has 1 N–H and O–H groups in total. The van der Waals surface area contributed by atoms with Crippen molar-refractivity contribution in [2.75, 3.05) is 33.9 Å². The number of nitrogens with zero attached hydrogens (tertiary/aromatic N) is 3. The molecule has 0 radical (unpaired) electrons. The van der Waals surface area contributed by atoms with Crippen LogP contribution in [-0.2, 0) is 11.3 Å². The summed E-state index contributed by atoms with van der Waals surface area (Å²) in [4.78, 5) is 6.28. The highest BCUT2D eigenvalue weighted by Crippen LogP contribution is 2.28. The van der Waals surface area contributed by atoms with E-state index in [-0.39, 0.29) is 24.0 Å². The Kier molecular flexibility index (Phi) is 7.90. The summed E-state index contributed by atoms with van der Waals surface area (Å²) < 4.78 is 10.4. The molecule has 1 aromatic heterocycles. The van der Waals surface area contributed by atoms with Gasteiger partial charge < -0.3 is 19.5 Å². The molecule has 0 unspecified atom stereocenters. The van der Waals surface area contributed by atoms with Gasteiger partial charge in [0.15, 0.2) is 5.96 Å². The predicted octanol–water partition coefficient (Wildman–Crippen LogP) is 1.73. The van der Waals surface area contributed by atoms with Crippen LogP contribution in [0.15, 0.2) is 21.8 Å². The zero-order valence-electron chi connectivity index (χ0n) is 12.0. The van der Waals surface area contributed by atoms with Crippen molar-refractivity contribution in [2.45, 2.75) is 19.4 Å². The highest BCUT2D eigenvalue weighted by atomic mass is 127. The quantitative estimate of drug-likeness (QED) is 0.330. The molecule has 1 aromatic rings. The van der Waals surface area contributed by atoms with E-state index in [1.54, 1.807) is 13.3 Å². The first-order valence-electron chi connectivity index (χ1n) is 6.68. The summed E-state index contributed by atoms with van der Waals surface area (Å²) in [5.74, 6) is 1.65. The predicted molar refractivity (Wildman–Crippen MR) is 88.3 cm³/mol. The molecule has 6 nitrogen and oxygen atoms in total. The molecule has 7 heteroatoms. The van der Waals surface area contributed by atoms with Gasteiger partial charge in [0.25, 0.3) is 0 Å². The van der Waals surface area contributed by atoms with E-state index < -0.39 is 0 Å². The Morgan fingerprint density at radius 3 is 3.00 bits per heavy atom. The van der Waals surface area contributed by atoms with Gasteiger partial charge in [-0.1, -0.05) is 5.16 Å². The maximum absolute atomic E-state index is 5.62. The van der Waals surface area contributed by atoms with Crippen LogP contribution in [0.1, 0.15) is 18.5 Å². The lowest BCUT2D eigenvalue weighted by molar-refractivity contribution is 0.115. The number of aromatic nitrogens is 1. The van der Waals surface area contributed by atoms with Crippen molar-refractivity contribution in [2.24, 2.45) is 10.9 Å². The second-order valence-corrected chi connectivity index (χ2v) is 4.83. The van der Waals surface area contributed by atoms with Gasteiger partial charge in [-0.05, 0) is 18.8 Å². The van der Waals surface area contributed by atoms with Crippen LogP contribution in [-0.4, -0.2) is 49.9 Å². The molecule has 1 aliphatic rings. The van der Waals surface area contributed by atoms with Crippen LogP contribution in [0.5, 0.6) is 0 Å². The van der Waals surface area contributed by atoms with Crippen molar-refractivity contribution in [3.8, 4) is 0 Å². The van der Waals surface area contributed by atoms with Crippen molar-refractivity contribution in [3.63, 3.8) is 0 Å². The zero-order chi connectivity index (χ0) is 13.5. The standard InChI is InChI=1S/C13H22N4O2.HI/c1-14-13(15-9-12-5-7-19-16-12)17(2)6-8-18-10-11-3-4-11;/h5,7,11H,3-4,6,8-10H2,1-2H3,(H,14,15);1H. The third-order valence-corrected chi connectivity index (χ3v) is 3.11. The Morgan fingerprint density at radius 2 is 2.40 bits per heavy atom. The van der Waals surface area contributed by atoms with Crippen LogP contribution < -0.4 is 5.32 Å². The van der Waals surface area contributed by atoms with Crippen LogP contribution in [0, 0.1) is 5.92 Å². The minimum Gasteiger partial charge on any atom is -0.379 e. The lowest BCUT2D eigenvalue weighted by Crippen LogP contribution is -2.40. The molecule has 0 spiro atoms. The molecule has 1 fully saturated rings. The molecular weight excluding hydrogens is 371 g/mol. The fourth-order valence-electron chi connectivity index (χ4n) is 1.72. The number of hydrogen-bond acceptors (Lipinski definition) is 4. The van der Waals surface area contributed by atoms with E-state index in [0.29, 0.717) is 6.54 Å². The van der Waals surface area contributed by atoms with Crippen LogP contribution >= 0.6 is 24.0 Å². The topological polar surface area (TPSA) is 62.9 Å². The van der Waals surface area contributed by atoms with Crippen molar-refractivity contribution >= 4 is 29.9 Å². The first-order valence-corrected chi connectivity index (χ1v) is 6.68. The summed E-state index contributed by atoms with van der Waals surface area (Å²) in [5.41, 5.74) is 0.861. The second kappa shape index (κ2) is 9.17. The van der Waals surface area contributed by atoms with Crippen LogP contribution in [0.25, 0.3) is 0 Å². The van der Waals surface area contributed by atoms with Crippen molar-refractivity contribution in [3.05, 3.63) is 18.0 Å². The van der Waals surface area contributed by atoms with Gasteiger partial charge in [0.1, 0.15) is 12.0 Å². The number of ether oxygens (including phenoxy) is 1. The van der Waals surface area contributed by atoms with Crippen molar-refractivity contribution < 1.29 is 9.26 Å². The minimum absolute atomic E-state index is 0. The number of rotatable bonds is 7. The van der Waals surface area contributed by atoms with E-state index in [0.717, 1.165) is 37.3 Å². The van der Waals surface area contributed by atoms with Gasteiger partial charge in [0, 0.05) is 33.3 Å². The first-order chi connectivity index (χ1) is 9.29. The molecule has 20 heavy (non-hydrogen) atoms. The van der Waals surface area contributed by atoms with Gasteiger partial charge in [-0.3, -0.25) is 4.99 Å². The molecule has 0 aliphatic heterocycles. The fourth-order valence-corrected chi connectivity index (χ4v) is 1.72. The van der Waals surface area contributed by atoms with Crippen molar-refractivity contribution in [1.82, 2.24) is 15.4 Å². The van der Waals surface area contributed by atoms with Gasteiger partial charge >= 0.3 is 0 Å². The lowest BCUT2D eigenvalue weighted by atomic mass is 10.4. The number of aliphatic imine (C=N–C) groups is 1. The summed E-state index contributed by atoms with van der Waals surface area (Å²) in [7, 11) is 3.77. The smallest absolute Gasteiger partial charge is 0.193 e. The minimum atomic E-state index is 0. The Balaban J connectivity index is 0.00000200. The molecule has 1 heterocycles. The molecule has 0 amide bonds. The maximum atomic E-state index is 5.62. The normalized spacial score (nSPS) is 14.8. The van der Waals surface area contributed by atoms with E-state index in [4.69, 9.17) is 9.26 Å². The lowest BCUT2D eigenvalue weighted by Gasteiger charge is -2.21. The summed E-state index contributed by atoms with van der Waals surface area (Å²) in [6, 6.07) is 1.83. The second-order valence-electron chi connectivity index (χ2n) is 4.83. The van der Waals surface area contributed by atoms with Gasteiger partial charge in [-0.25, -0.2) is 0 Å². The van der Waals surface area contributed by atoms with E-state index in [1.807, 2.05) is 18.0 Å². The van der Waals surface area contributed by atoms with Gasteiger partial charge in [0.05, 0.1) is 13.2 Å². The molecular formula is C13H23IN4O2. The van der Waals surface area contributed by atoms with E-state index >= 15 is 0 Å². The Hall–Kier alpha value is -0.830. The Morgan fingerprint density at radius 1 is 1.60 bits per heavy atom. The molecule has 0 bridgehead atoms. The summed E-state index contributed by atoms with van der Waals surface area (Å²) in [6.07, 6.45) is 4.22. The third-order valence-electron chi connectivity index (χ3n) is 3.11. The number of hydrogen-bond donors (Lipinski definition) is 1. The largest absolute Gasteiger partial charge is 0.379 e. The molecule has 0 saturated heterocycles. The SMILES string of the molecule is CN=C(NCc1ccon1)N(C)CCOCC1CC1.I. The van der Waals surface area contributed by atoms with E-state index in [1.165, 1.54) is 12.8 Å². The highest BCUT2D eigenvalue weighted by molar-refractivity contribution is 14.0. The van der Waals surface area contributed by atoms with Crippen LogP contribution in [0.4, 0.5) is 0 Å². The van der Waals surface area contributed by atoms with E-state index in [2.05, 4.69) is 15.5 Å². The van der Waals surface area contributed by atoms with Crippen LogP contribution in [0.3, 0.4) is 0 Å². The molecule has 1 saturated carbocycles. The summed E-state index contributed by atoms with van der Waals surface area (Å²) in [5, 5.41) is 7.08. The molecule has 2 rings (SSSR count). The summed E-state index contributed by atoms with van der Waals surface area (Å²) >= 11 is 0.